The van der Waals surface area contributed by atoms with Crippen LogP contribution >= 0.6 is 11.6 Å². The molecule has 0 spiro atoms. The summed E-state index contributed by atoms with van der Waals surface area (Å²) in [5.41, 5.74) is 0. The third-order valence-electron chi connectivity index (χ3n) is 3.79. The Morgan fingerprint density at radius 1 is 1.05 bits per heavy atom. The van der Waals surface area contributed by atoms with Crippen LogP contribution in [-0.4, -0.2) is 47.3 Å². The molecule has 2 fully saturated rings. The van der Waals surface area contributed by atoms with Gasteiger partial charge in [0.1, 0.15) is 0 Å². The van der Waals surface area contributed by atoms with Gasteiger partial charge in [-0.2, -0.15) is 15.0 Å². The minimum atomic E-state index is 0.259. The summed E-state index contributed by atoms with van der Waals surface area (Å²) in [4.78, 5) is 15.1. The van der Waals surface area contributed by atoms with E-state index < -0.39 is 0 Å². The van der Waals surface area contributed by atoms with Gasteiger partial charge >= 0.3 is 0 Å². The normalized spacial score (nSPS) is 20.9. The van der Waals surface area contributed by atoms with E-state index in [-0.39, 0.29) is 5.28 Å². The number of aromatic nitrogens is 3. The van der Waals surface area contributed by atoms with E-state index in [9.17, 15) is 0 Å². The highest BCUT2D eigenvalue weighted by molar-refractivity contribution is 6.28. The molecule has 0 bridgehead atoms. The lowest BCUT2D eigenvalue weighted by Crippen LogP contribution is -2.32. The van der Waals surface area contributed by atoms with Crippen LogP contribution in [0.3, 0.4) is 0 Å². The van der Waals surface area contributed by atoms with Gasteiger partial charge in [-0.15, -0.1) is 0 Å². The molecule has 0 unspecified atom stereocenters. The molecule has 2 aliphatic heterocycles. The number of anilines is 2. The van der Waals surface area contributed by atoms with Crippen LogP contribution in [0.2, 0.25) is 5.28 Å². The van der Waals surface area contributed by atoms with E-state index in [2.05, 4.69) is 25.2 Å². The Labute approximate surface area is 123 Å². The zero-order valence-electron chi connectivity index (χ0n) is 11.5. The minimum Gasteiger partial charge on any atom is -0.381 e. The summed E-state index contributed by atoms with van der Waals surface area (Å²) in [6.45, 7) is 3.57. The van der Waals surface area contributed by atoms with E-state index in [1.807, 2.05) is 0 Å². The van der Waals surface area contributed by atoms with Crippen molar-refractivity contribution in [2.24, 2.45) is 0 Å². The predicted octanol–water partition coefficient (Wildman–Crippen LogP) is 2.11. The minimum absolute atomic E-state index is 0.259. The van der Waals surface area contributed by atoms with Crippen LogP contribution in [0.4, 0.5) is 11.9 Å². The van der Waals surface area contributed by atoms with Gasteiger partial charge in [-0.05, 0) is 43.7 Å². The summed E-state index contributed by atoms with van der Waals surface area (Å²) in [5.74, 6) is 1.27. The van der Waals surface area contributed by atoms with Crippen LogP contribution in [-0.2, 0) is 4.74 Å². The van der Waals surface area contributed by atoms with Crippen LogP contribution < -0.4 is 10.2 Å². The number of rotatable bonds is 3. The Morgan fingerprint density at radius 3 is 2.55 bits per heavy atom. The second kappa shape index (κ2) is 6.54. The Bertz CT molecular complexity index is 446. The summed E-state index contributed by atoms with van der Waals surface area (Å²) < 4.78 is 5.35. The average Bonchev–Trinajstić information content (AvgIpc) is 2.49. The molecule has 1 N–H and O–H groups in total. The van der Waals surface area contributed by atoms with Gasteiger partial charge in [-0.3, -0.25) is 0 Å². The highest BCUT2D eigenvalue weighted by Gasteiger charge is 2.18. The number of nitrogens with zero attached hydrogens (tertiary/aromatic N) is 4. The Morgan fingerprint density at radius 2 is 1.80 bits per heavy atom. The number of piperidine rings is 1. The van der Waals surface area contributed by atoms with E-state index in [1.165, 1.54) is 19.3 Å². The van der Waals surface area contributed by atoms with Crippen LogP contribution in [0, 0.1) is 0 Å². The first-order chi connectivity index (χ1) is 9.81. The molecule has 0 radical (unpaired) electrons. The molecule has 3 heterocycles. The third-order valence-corrected chi connectivity index (χ3v) is 3.96. The van der Waals surface area contributed by atoms with Crippen LogP contribution in [0.5, 0.6) is 0 Å². The summed E-state index contributed by atoms with van der Waals surface area (Å²) in [6.07, 6.45) is 5.60. The molecule has 1 aromatic rings. The second-order valence-electron chi connectivity index (χ2n) is 5.31. The zero-order valence-corrected chi connectivity index (χ0v) is 12.3. The summed E-state index contributed by atoms with van der Waals surface area (Å²) in [7, 11) is 0. The van der Waals surface area contributed by atoms with Crippen molar-refractivity contribution in [1.29, 1.82) is 0 Å². The number of hydrogen-bond acceptors (Lipinski definition) is 6. The van der Waals surface area contributed by atoms with Crippen molar-refractivity contribution in [3.8, 4) is 0 Å². The first kappa shape index (κ1) is 13.8. The molecule has 2 saturated heterocycles. The molecular formula is C13H20ClN5O. The highest BCUT2D eigenvalue weighted by atomic mass is 35.5. The topological polar surface area (TPSA) is 63.2 Å². The number of hydrogen-bond donors (Lipinski definition) is 1. The van der Waals surface area contributed by atoms with E-state index in [1.54, 1.807) is 0 Å². The zero-order chi connectivity index (χ0) is 13.8. The first-order valence-electron chi connectivity index (χ1n) is 7.32. The van der Waals surface area contributed by atoms with Crippen molar-refractivity contribution in [2.75, 3.05) is 36.5 Å². The smallest absolute Gasteiger partial charge is 0.231 e. The van der Waals surface area contributed by atoms with E-state index in [0.29, 0.717) is 17.9 Å². The molecule has 0 aromatic carbocycles. The molecule has 0 atom stereocenters. The SMILES string of the molecule is Clc1nc(NC2CCOCC2)nc(N2CCCCC2)n1. The lowest BCUT2D eigenvalue weighted by molar-refractivity contribution is 0.0903. The van der Waals surface area contributed by atoms with Crippen molar-refractivity contribution in [1.82, 2.24) is 15.0 Å². The van der Waals surface area contributed by atoms with Crippen molar-refractivity contribution in [2.45, 2.75) is 38.1 Å². The molecular weight excluding hydrogens is 278 g/mol. The molecule has 110 valence electrons. The number of ether oxygens (including phenoxy) is 1. The maximum Gasteiger partial charge on any atom is 0.231 e. The molecule has 0 aliphatic carbocycles. The van der Waals surface area contributed by atoms with Gasteiger partial charge < -0.3 is 15.0 Å². The maximum atomic E-state index is 6.03. The van der Waals surface area contributed by atoms with Crippen LogP contribution in [0.1, 0.15) is 32.1 Å². The van der Waals surface area contributed by atoms with Crippen molar-refractivity contribution in [3.63, 3.8) is 0 Å². The van der Waals surface area contributed by atoms with Gasteiger partial charge in [-0.25, -0.2) is 0 Å². The fourth-order valence-corrected chi connectivity index (χ4v) is 2.82. The fourth-order valence-electron chi connectivity index (χ4n) is 2.66. The molecule has 0 saturated carbocycles. The Balaban J connectivity index is 1.71. The number of halogens is 1. The van der Waals surface area contributed by atoms with Gasteiger partial charge in [0.25, 0.3) is 0 Å². The maximum absolute atomic E-state index is 6.03. The van der Waals surface area contributed by atoms with E-state index in [4.69, 9.17) is 16.3 Å². The molecule has 6 nitrogen and oxygen atoms in total. The summed E-state index contributed by atoms with van der Waals surface area (Å²) in [6, 6.07) is 0.358. The molecule has 0 amide bonds. The van der Waals surface area contributed by atoms with Gasteiger partial charge in [0, 0.05) is 32.3 Å². The highest BCUT2D eigenvalue weighted by Crippen LogP contribution is 2.20. The fraction of sp³-hybridized carbons (Fsp3) is 0.769. The first-order valence-corrected chi connectivity index (χ1v) is 7.70. The van der Waals surface area contributed by atoms with Crippen molar-refractivity contribution >= 4 is 23.5 Å². The lowest BCUT2D eigenvalue weighted by atomic mass is 10.1. The van der Waals surface area contributed by atoms with Gasteiger partial charge in [-0.1, -0.05) is 0 Å². The van der Waals surface area contributed by atoms with Gasteiger partial charge in [0.05, 0.1) is 0 Å². The monoisotopic (exact) mass is 297 g/mol. The van der Waals surface area contributed by atoms with Crippen molar-refractivity contribution in [3.05, 3.63) is 5.28 Å². The average molecular weight is 298 g/mol. The van der Waals surface area contributed by atoms with Crippen LogP contribution in [0.15, 0.2) is 0 Å². The molecule has 7 heteroatoms. The van der Waals surface area contributed by atoms with Gasteiger partial charge in [0.15, 0.2) is 0 Å². The largest absolute Gasteiger partial charge is 0.381 e. The molecule has 2 aliphatic rings. The predicted molar refractivity (Wildman–Crippen MR) is 78.4 cm³/mol. The molecule has 20 heavy (non-hydrogen) atoms. The standard InChI is InChI=1S/C13H20ClN5O/c14-11-16-12(15-10-4-8-20-9-5-10)18-13(17-11)19-6-2-1-3-7-19/h10H,1-9H2,(H,15,16,17,18). The third kappa shape index (κ3) is 3.49. The van der Waals surface area contributed by atoms with Gasteiger partial charge in [0.2, 0.25) is 17.2 Å². The number of nitrogens with one attached hydrogen (secondary N) is 1. The van der Waals surface area contributed by atoms with Crippen molar-refractivity contribution < 1.29 is 4.74 Å². The second-order valence-corrected chi connectivity index (χ2v) is 5.64. The molecule has 3 rings (SSSR count). The quantitative estimate of drug-likeness (QED) is 0.922. The Kier molecular flexibility index (Phi) is 4.52. The molecule has 1 aromatic heterocycles. The van der Waals surface area contributed by atoms with E-state index >= 15 is 0 Å². The summed E-state index contributed by atoms with van der Waals surface area (Å²) in [5, 5.41) is 3.61. The lowest BCUT2D eigenvalue weighted by Gasteiger charge is -2.27. The van der Waals surface area contributed by atoms with Crippen LogP contribution in [0.25, 0.3) is 0 Å². The van der Waals surface area contributed by atoms with E-state index in [0.717, 1.165) is 39.1 Å². The Hall–Kier alpha value is -1.14. The summed E-state index contributed by atoms with van der Waals surface area (Å²) >= 11 is 6.03.